The molecule has 1 saturated heterocycles. The van der Waals surface area contributed by atoms with Crippen molar-refractivity contribution in [3.8, 4) is 17.5 Å². The van der Waals surface area contributed by atoms with Crippen molar-refractivity contribution in [1.82, 2.24) is 10.1 Å². The monoisotopic (exact) mass is 259 g/mol. The Balaban J connectivity index is 1.99. The third kappa shape index (κ3) is 2.09. The standard InChI is InChI=1S/C13H10FN3O2/c14-11-3-1-2-9(10(11)6-15)13-16-12(17-19-13)8-4-5-18-7-8/h1-3,8H,4-5,7H2. The van der Waals surface area contributed by atoms with Crippen LogP contribution in [0.4, 0.5) is 4.39 Å². The van der Waals surface area contributed by atoms with Gasteiger partial charge < -0.3 is 9.26 Å². The summed E-state index contributed by atoms with van der Waals surface area (Å²) in [5, 5.41) is 12.9. The van der Waals surface area contributed by atoms with E-state index < -0.39 is 5.82 Å². The van der Waals surface area contributed by atoms with Crippen molar-refractivity contribution in [3.63, 3.8) is 0 Å². The summed E-state index contributed by atoms with van der Waals surface area (Å²) in [7, 11) is 0. The second-order valence-electron chi connectivity index (χ2n) is 4.29. The lowest BCUT2D eigenvalue weighted by molar-refractivity contribution is 0.192. The number of nitrogens with zero attached hydrogens (tertiary/aromatic N) is 3. The van der Waals surface area contributed by atoms with Crippen LogP contribution in [-0.4, -0.2) is 23.4 Å². The van der Waals surface area contributed by atoms with Gasteiger partial charge in [0.2, 0.25) is 0 Å². The zero-order chi connectivity index (χ0) is 13.2. The molecule has 5 nitrogen and oxygen atoms in total. The first-order valence-corrected chi connectivity index (χ1v) is 5.90. The number of halogens is 1. The molecule has 0 radical (unpaired) electrons. The van der Waals surface area contributed by atoms with Crippen LogP contribution in [0.5, 0.6) is 0 Å². The van der Waals surface area contributed by atoms with E-state index in [0.717, 1.165) is 6.42 Å². The van der Waals surface area contributed by atoms with Gasteiger partial charge in [-0.2, -0.15) is 10.2 Å². The molecule has 96 valence electrons. The molecule has 1 atom stereocenters. The summed E-state index contributed by atoms with van der Waals surface area (Å²) in [4.78, 5) is 4.24. The molecule has 1 aromatic heterocycles. The van der Waals surface area contributed by atoms with Crippen LogP contribution >= 0.6 is 0 Å². The van der Waals surface area contributed by atoms with Gasteiger partial charge in [0.25, 0.3) is 5.89 Å². The lowest BCUT2D eigenvalue weighted by Crippen LogP contribution is -1.99. The van der Waals surface area contributed by atoms with Crippen LogP contribution in [0.1, 0.15) is 23.7 Å². The van der Waals surface area contributed by atoms with E-state index in [1.807, 2.05) is 6.07 Å². The number of benzene rings is 1. The fourth-order valence-electron chi connectivity index (χ4n) is 2.06. The van der Waals surface area contributed by atoms with Crippen LogP contribution in [0.2, 0.25) is 0 Å². The molecular weight excluding hydrogens is 249 g/mol. The zero-order valence-corrected chi connectivity index (χ0v) is 9.97. The summed E-state index contributed by atoms with van der Waals surface area (Å²) < 4.78 is 23.9. The van der Waals surface area contributed by atoms with E-state index in [0.29, 0.717) is 24.6 Å². The molecule has 1 aliphatic heterocycles. The van der Waals surface area contributed by atoms with Crippen LogP contribution in [0.15, 0.2) is 22.7 Å². The number of rotatable bonds is 2. The minimum absolute atomic E-state index is 0.0830. The molecular formula is C13H10FN3O2. The topological polar surface area (TPSA) is 71.9 Å². The van der Waals surface area contributed by atoms with Crippen molar-refractivity contribution in [2.45, 2.75) is 12.3 Å². The Morgan fingerprint density at radius 3 is 3.05 bits per heavy atom. The summed E-state index contributed by atoms with van der Waals surface area (Å²) in [6.45, 7) is 1.24. The van der Waals surface area contributed by atoms with E-state index >= 15 is 0 Å². The molecule has 3 rings (SSSR count). The van der Waals surface area contributed by atoms with Gasteiger partial charge in [-0.15, -0.1) is 0 Å². The highest BCUT2D eigenvalue weighted by Gasteiger charge is 2.24. The van der Waals surface area contributed by atoms with Crippen LogP contribution in [0.3, 0.4) is 0 Å². The minimum atomic E-state index is -0.594. The number of nitriles is 1. The Labute approximate surface area is 108 Å². The highest BCUT2D eigenvalue weighted by atomic mass is 19.1. The Kier molecular flexibility index (Phi) is 2.97. The number of hydrogen-bond donors (Lipinski definition) is 0. The van der Waals surface area contributed by atoms with Crippen molar-refractivity contribution in [3.05, 3.63) is 35.4 Å². The number of aromatic nitrogens is 2. The lowest BCUT2D eigenvalue weighted by atomic mass is 10.1. The molecule has 0 N–H and O–H groups in total. The van der Waals surface area contributed by atoms with Gasteiger partial charge >= 0.3 is 0 Å². The molecule has 0 aliphatic carbocycles. The first-order valence-electron chi connectivity index (χ1n) is 5.90. The van der Waals surface area contributed by atoms with Crippen molar-refractivity contribution in [2.75, 3.05) is 13.2 Å². The van der Waals surface area contributed by atoms with E-state index in [1.165, 1.54) is 12.1 Å². The molecule has 0 saturated carbocycles. The van der Waals surface area contributed by atoms with Gasteiger partial charge in [0.05, 0.1) is 12.2 Å². The quantitative estimate of drug-likeness (QED) is 0.827. The maximum absolute atomic E-state index is 13.5. The molecule has 1 aliphatic rings. The normalized spacial score (nSPS) is 18.4. The summed E-state index contributed by atoms with van der Waals surface area (Å²) in [5.41, 5.74) is 0.237. The van der Waals surface area contributed by atoms with Crippen LogP contribution in [0.25, 0.3) is 11.5 Å². The minimum Gasteiger partial charge on any atom is -0.381 e. The van der Waals surface area contributed by atoms with E-state index in [-0.39, 0.29) is 17.4 Å². The third-order valence-corrected chi connectivity index (χ3v) is 3.09. The number of ether oxygens (including phenoxy) is 1. The first-order chi connectivity index (χ1) is 9.29. The third-order valence-electron chi connectivity index (χ3n) is 3.09. The van der Waals surface area contributed by atoms with Crippen molar-refractivity contribution in [2.24, 2.45) is 0 Å². The van der Waals surface area contributed by atoms with Gasteiger partial charge in [-0.25, -0.2) is 4.39 Å². The predicted octanol–water partition coefficient (Wildman–Crippen LogP) is 2.25. The van der Waals surface area contributed by atoms with E-state index in [1.54, 1.807) is 6.07 Å². The van der Waals surface area contributed by atoms with Crippen molar-refractivity contribution in [1.29, 1.82) is 5.26 Å². The Hall–Kier alpha value is -2.26. The van der Waals surface area contributed by atoms with Gasteiger partial charge in [0, 0.05) is 12.5 Å². The molecule has 1 fully saturated rings. The van der Waals surface area contributed by atoms with E-state index in [2.05, 4.69) is 10.1 Å². The second-order valence-corrected chi connectivity index (χ2v) is 4.29. The van der Waals surface area contributed by atoms with Crippen LogP contribution in [0, 0.1) is 17.1 Å². The number of hydrogen-bond acceptors (Lipinski definition) is 5. The summed E-state index contributed by atoms with van der Waals surface area (Å²) in [6.07, 6.45) is 0.841. The maximum atomic E-state index is 13.5. The van der Waals surface area contributed by atoms with Crippen molar-refractivity contribution >= 4 is 0 Å². The summed E-state index contributed by atoms with van der Waals surface area (Å²) in [6, 6.07) is 6.14. The van der Waals surface area contributed by atoms with E-state index in [4.69, 9.17) is 14.5 Å². The SMILES string of the molecule is N#Cc1c(F)cccc1-c1nc(C2CCOC2)no1. The lowest BCUT2D eigenvalue weighted by Gasteiger charge is -1.99. The van der Waals surface area contributed by atoms with Crippen LogP contribution in [-0.2, 0) is 4.74 Å². The molecule has 1 unspecified atom stereocenters. The highest BCUT2D eigenvalue weighted by Crippen LogP contribution is 2.27. The zero-order valence-electron chi connectivity index (χ0n) is 9.97. The second kappa shape index (κ2) is 4.78. The fourth-order valence-corrected chi connectivity index (χ4v) is 2.06. The highest BCUT2D eigenvalue weighted by molar-refractivity contribution is 5.63. The molecule has 2 heterocycles. The Bertz CT molecular complexity index is 642. The molecule has 2 aromatic rings. The van der Waals surface area contributed by atoms with Gasteiger partial charge in [-0.05, 0) is 18.6 Å². The molecule has 0 spiro atoms. The predicted molar refractivity (Wildman–Crippen MR) is 62.6 cm³/mol. The molecule has 0 amide bonds. The molecule has 1 aromatic carbocycles. The largest absolute Gasteiger partial charge is 0.381 e. The molecule has 19 heavy (non-hydrogen) atoms. The first kappa shape index (κ1) is 11.8. The Morgan fingerprint density at radius 1 is 1.42 bits per heavy atom. The van der Waals surface area contributed by atoms with Gasteiger partial charge in [-0.3, -0.25) is 0 Å². The van der Waals surface area contributed by atoms with E-state index in [9.17, 15) is 4.39 Å². The maximum Gasteiger partial charge on any atom is 0.259 e. The molecule has 6 heteroatoms. The summed E-state index contributed by atoms with van der Waals surface area (Å²) >= 11 is 0. The fraction of sp³-hybridized carbons (Fsp3) is 0.308. The average molecular weight is 259 g/mol. The Morgan fingerprint density at radius 2 is 2.32 bits per heavy atom. The van der Waals surface area contributed by atoms with Gasteiger partial charge in [-0.1, -0.05) is 11.2 Å². The van der Waals surface area contributed by atoms with Gasteiger partial charge in [0.1, 0.15) is 17.4 Å². The van der Waals surface area contributed by atoms with Crippen LogP contribution < -0.4 is 0 Å². The van der Waals surface area contributed by atoms with Crippen molar-refractivity contribution < 1.29 is 13.7 Å². The average Bonchev–Trinajstić information content (AvgIpc) is 3.09. The smallest absolute Gasteiger partial charge is 0.259 e. The summed E-state index contributed by atoms with van der Waals surface area (Å²) in [5.74, 6) is 0.221. The molecule has 0 bridgehead atoms. The van der Waals surface area contributed by atoms with Gasteiger partial charge in [0.15, 0.2) is 5.82 Å².